The Morgan fingerprint density at radius 1 is 0.917 bits per heavy atom. The van der Waals surface area contributed by atoms with Crippen molar-refractivity contribution >= 4 is 34.9 Å². The number of furan rings is 1. The number of carbonyl (C=O) groups excluding carboxylic acids is 3. The van der Waals surface area contributed by atoms with Gasteiger partial charge in [0.2, 0.25) is 5.91 Å². The number of rotatable bonds is 6. The molecule has 3 amide bonds. The Morgan fingerprint density at radius 3 is 2.31 bits per heavy atom. The van der Waals surface area contributed by atoms with Crippen LogP contribution in [-0.4, -0.2) is 38.0 Å². The van der Waals surface area contributed by atoms with Crippen LogP contribution < -0.4 is 10.6 Å². The van der Waals surface area contributed by atoms with Crippen LogP contribution >= 0.6 is 0 Å². The van der Waals surface area contributed by atoms with Gasteiger partial charge >= 0.3 is 0 Å². The molecule has 1 unspecified atom stereocenters. The van der Waals surface area contributed by atoms with E-state index in [1.54, 1.807) is 43.3 Å². The fourth-order valence-corrected chi connectivity index (χ4v) is 3.81. The predicted octanol–water partition coefficient (Wildman–Crippen LogP) is 4.86. The van der Waals surface area contributed by atoms with Gasteiger partial charge in [0.1, 0.15) is 17.2 Å². The summed E-state index contributed by atoms with van der Waals surface area (Å²) in [7, 11) is 3.05. The third-order valence-electron chi connectivity index (χ3n) is 5.77. The van der Waals surface area contributed by atoms with E-state index in [1.807, 2.05) is 18.2 Å². The molecule has 0 radical (unpaired) electrons. The maximum Gasteiger partial charge on any atom is 0.276 e. The fraction of sp³-hybridized carbons (Fsp3) is 0.143. The average molecular weight is 486 g/mol. The van der Waals surface area contributed by atoms with Crippen molar-refractivity contribution < 1.29 is 23.2 Å². The second-order valence-electron chi connectivity index (χ2n) is 8.17. The second kappa shape index (κ2) is 10.4. The van der Waals surface area contributed by atoms with Crippen LogP contribution in [0, 0.1) is 11.7 Å². The number of fused-ring (bicyclic) bond motifs is 1. The summed E-state index contributed by atoms with van der Waals surface area (Å²) < 4.78 is 19.4. The zero-order valence-corrected chi connectivity index (χ0v) is 20.0. The van der Waals surface area contributed by atoms with Gasteiger partial charge in [-0.3, -0.25) is 14.4 Å². The smallest absolute Gasteiger partial charge is 0.276 e. The van der Waals surface area contributed by atoms with Gasteiger partial charge in [-0.1, -0.05) is 18.2 Å². The number of nitrogens with one attached hydrogen (secondary N) is 2. The third kappa shape index (κ3) is 4.93. The molecule has 0 fully saturated rings. The van der Waals surface area contributed by atoms with Crippen LogP contribution in [-0.2, 0) is 4.79 Å². The van der Waals surface area contributed by atoms with Gasteiger partial charge in [0, 0.05) is 36.8 Å². The molecule has 1 heterocycles. The number of aliphatic imine (C=N–C) groups is 1. The minimum Gasteiger partial charge on any atom is -0.455 e. The molecule has 0 spiro atoms. The van der Waals surface area contributed by atoms with Gasteiger partial charge < -0.3 is 15.1 Å². The van der Waals surface area contributed by atoms with E-state index in [-0.39, 0.29) is 17.6 Å². The average Bonchev–Trinajstić information content (AvgIpc) is 3.29. The summed E-state index contributed by atoms with van der Waals surface area (Å²) in [6.45, 7) is 1.65. The van der Waals surface area contributed by atoms with Crippen molar-refractivity contribution in [2.75, 3.05) is 14.1 Å². The molecule has 1 atom stereocenters. The molecular weight excluding hydrogens is 461 g/mol. The maximum atomic E-state index is 13.4. The van der Waals surface area contributed by atoms with E-state index in [0.717, 1.165) is 11.1 Å². The number of benzene rings is 3. The van der Waals surface area contributed by atoms with Crippen LogP contribution in [0.1, 0.15) is 27.6 Å². The molecule has 0 saturated heterocycles. The molecule has 2 N–H and O–H groups in total. The van der Waals surface area contributed by atoms with Crippen LogP contribution in [0.25, 0.3) is 33.4 Å². The monoisotopic (exact) mass is 485 g/mol. The van der Waals surface area contributed by atoms with Crippen LogP contribution in [0.2, 0.25) is 0 Å². The lowest BCUT2D eigenvalue weighted by molar-refractivity contribution is -0.122. The van der Waals surface area contributed by atoms with Crippen molar-refractivity contribution in [3.63, 3.8) is 0 Å². The van der Waals surface area contributed by atoms with Crippen molar-refractivity contribution in [3.8, 4) is 22.5 Å². The topological polar surface area (TPSA) is 101 Å². The van der Waals surface area contributed by atoms with Gasteiger partial charge in [0.05, 0.1) is 11.5 Å². The number of hydrogen-bond acceptors (Lipinski definition) is 4. The SMILES string of the molecule is CNC(=O)c1c(-c2ccc(F)cc2)oc2ccc(-c3cccc(C(=O)N=CC(C)C(=O)NC)c3)cc12. The molecule has 36 heavy (non-hydrogen) atoms. The molecule has 0 aliphatic heterocycles. The summed E-state index contributed by atoms with van der Waals surface area (Å²) in [4.78, 5) is 41.0. The highest BCUT2D eigenvalue weighted by atomic mass is 19.1. The van der Waals surface area contributed by atoms with E-state index in [2.05, 4.69) is 15.6 Å². The second-order valence-corrected chi connectivity index (χ2v) is 8.17. The van der Waals surface area contributed by atoms with E-state index >= 15 is 0 Å². The first kappa shape index (κ1) is 24.5. The lowest BCUT2D eigenvalue weighted by atomic mass is 9.99. The van der Waals surface area contributed by atoms with Crippen molar-refractivity contribution in [2.45, 2.75) is 6.92 Å². The Bertz CT molecular complexity index is 1490. The highest BCUT2D eigenvalue weighted by molar-refractivity contribution is 6.12. The lowest BCUT2D eigenvalue weighted by Gasteiger charge is -2.06. The van der Waals surface area contributed by atoms with Crippen LogP contribution in [0.4, 0.5) is 4.39 Å². The molecule has 182 valence electrons. The molecule has 7 nitrogen and oxygen atoms in total. The predicted molar refractivity (Wildman–Crippen MR) is 136 cm³/mol. The van der Waals surface area contributed by atoms with Gasteiger partial charge in [-0.15, -0.1) is 0 Å². The Morgan fingerprint density at radius 2 is 1.61 bits per heavy atom. The zero-order valence-electron chi connectivity index (χ0n) is 20.0. The minimum absolute atomic E-state index is 0.236. The molecule has 8 heteroatoms. The van der Waals surface area contributed by atoms with E-state index in [9.17, 15) is 18.8 Å². The minimum atomic E-state index is -0.538. The molecule has 1 aromatic heterocycles. The quantitative estimate of drug-likeness (QED) is 0.381. The standard InChI is InChI=1S/C28H24FN3O4/c1-16(26(33)30-2)15-32-27(34)20-6-4-5-18(13-20)19-9-12-23-22(14-19)24(28(35)31-3)25(36-23)17-7-10-21(29)11-8-17/h4-16H,1-3H3,(H,30,33)(H,31,35). The Kier molecular flexibility index (Phi) is 7.05. The Balaban J connectivity index is 1.74. The van der Waals surface area contributed by atoms with Crippen molar-refractivity contribution in [2.24, 2.45) is 10.9 Å². The van der Waals surface area contributed by atoms with Gasteiger partial charge in [0.25, 0.3) is 11.8 Å². The van der Waals surface area contributed by atoms with E-state index in [0.29, 0.717) is 33.4 Å². The summed E-state index contributed by atoms with van der Waals surface area (Å²) in [6.07, 6.45) is 1.32. The first-order chi connectivity index (χ1) is 17.3. The largest absolute Gasteiger partial charge is 0.455 e. The number of amides is 3. The first-order valence-electron chi connectivity index (χ1n) is 11.3. The van der Waals surface area contributed by atoms with Crippen molar-refractivity contribution in [1.82, 2.24) is 10.6 Å². The van der Waals surface area contributed by atoms with E-state index in [4.69, 9.17) is 4.42 Å². The maximum absolute atomic E-state index is 13.4. The fourth-order valence-electron chi connectivity index (χ4n) is 3.81. The molecule has 0 aliphatic carbocycles. The van der Waals surface area contributed by atoms with Gasteiger partial charge in [-0.05, 0) is 66.6 Å². The van der Waals surface area contributed by atoms with Crippen molar-refractivity contribution in [3.05, 3.63) is 83.7 Å². The van der Waals surface area contributed by atoms with Gasteiger partial charge in [-0.25, -0.2) is 9.38 Å². The number of carbonyl (C=O) groups is 3. The number of hydrogen-bond donors (Lipinski definition) is 2. The summed E-state index contributed by atoms with van der Waals surface area (Å²) >= 11 is 0. The summed E-state index contributed by atoms with van der Waals surface area (Å²) in [6, 6.07) is 18.1. The first-order valence-corrected chi connectivity index (χ1v) is 11.3. The summed E-state index contributed by atoms with van der Waals surface area (Å²) in [5.41, 5.74) is 3.27. The Hall–Kier alpha value is -4.59. The van der Waals surface area contributed by atoms with E-state index < -0.39 is 11.8 Å². The van der Waals surface area contributed by atoms with E-state index in [1.165, 1.54) is 32.4 Å². The zero-order chi connectivity index (χ0) is 25.8. The highest BCUT2D eigenvalue weighted by Crippen LogP contribution is 2.36. The highest BCUT2D eigenvalue weighted by Gasteiger charge is 2.22. The molecule has 4 rings (SSSR count). The molecule has 0 aliphatic rings. The third-order valence-corrected chi connectivity index (χ3v) is 5.77. The molecule has 4 aromatic rings. The van der Waals surface area contributed by atoms with Crippen LogP contribution in [0.15, 0.2) is 76.1 Å². The normalized spacial score (nSPS) is 12.0. The molecular formula is C28H24FN3O4. The summed E-state index contributed by atoms with van der Waals surface area (Å²) in [5.74, 6) is -1.63. The molecule has 0 bridgehead atoms. The molecule has 3 aromatic carbocycles. The number of nitrogens with zero attached hydrogens (tertiary/aromatic N) is 1. The Labute approximate surface area is 207 Å². The van der Waals surface area contributed by atoms with Gasteiger partial charge in [0.15, 0.2) is 0 Å². The van der Waals surface area contributed by atoms with Gasteiger partial charge in [-0.2, -0.15) is 0 Å². The lowest BCUT2D eigenvalue weighted by Crippen LogP contribution is -2.26. The summed E-state index contributed by atoms with van der Waals surface area (Å²) in [5, 5.41) is 5.73. The number of halogens is 1. The van der Waals surface area contributed by atoms with Crippen LogP contribution in [0.3, 0.4) is 0 Å². The molecule has 0 saturated carbocycles. The van der Waals surface area contributed by atoms with Crippen molar-refractivity contribution in [1.29, 1.82) is 0 Å². The van der Waals surface area contributed by atoms with Crippen LogP contribution in [0.5, 0.6) is 0 Å².